The van der Waals surface area contributed by atoms with Crippen LogP contribution < -0.4 is 5.32 Å². The molecular formula is C17H13BrN2O. The lowest BCUT2D eigenvalue weighted by molar-refractivity contribution is 0.0951. The fourth-order valence-corrected chi connectivity index (χ4v) is 2.52. The minimum Gasteiger partial charge on any atom is -0.348 e. The van der Waals surface area contributed by atoms with E-state index in [1.807, 2.05) is 48.5 Å². The molecule has 0 fully saturated rings. The Morgan fingerprint density at radius 1 is 1.00 bits per heavy atom. The second-order valence-electron chi connectivity index (χ2n) is 4.74. The molecule has 1 heterocycles. The summed E-state index contributed by atoms with van der Waals surface area (Å²) in [6.07, 6.45) is 3.44. The van der Waals surface area contributed by atoms with E-state index in [4.69, 9.17) is 0 Å². The third-order valence-corrected chi connectivity index (χ3v) is 3.76. The molecule has 1 N–H and O–H groups in total. The molecule has 104 valence electrons. The summed E-state index contributed by atoms with van der Waals surface area (Å²) in [6.45, 7) is 0.500. The molecule has 0 unspecified atom stereocenters. The smallest absolute Gasteiger partial charge is 0.251 e. The molecule has 3 aromatic rings. The van der Waals surface area contributed by atoms with Crippen LogP contribution in [0.15, 0.2) is 65.4 Å². The first-order valence-electron chi connectivity index (χ1n) is 6.59. The van der Waals surface area contributed by atoms with E-state index in [0.29, 0.717) is 12.1 Å². The number of hydrogen-bond acceptors (Lipinski definition) is 2. The predicted molar refractivity (Wildman–Crippen MR) is 87.1 cm³/mol. The molecular weight excluding hydrogens is 328 g/mol. The van der Waals surface area contributed by atoms with E-state index in [2.05, 4.69) is 26.2 Å². The standard InChI is InChI=1S/C17H13BrN2O/c18-16-4-3-13-9-15(2-1-14(13)10-16)17(21)20-11-12-5-7-19-8-6-12/h1-10H,11H2,(H,20,21). The van der Waals surface area contributed by atoms with Crippen LogP contribution in [0.5, 0.6) is 0 Å². The molecule has 0 atom stereocenters. The second kappa shape index (κ2) is 6.06. The number of hydrogen-bond donors (Lipinski definition) is 1. The van der Waals surface area contributed by atoms with Crippen molar-refractivity contribution < 1.29 is 4.79 Å². The summed E-state index contributed by atoms with van der Waals surface area (Å²) in [7, 11) is 0. The molecule has 0 radical (unpaired) electrons. The van der Waals surface area contributed by atoms with E-state index in [0.717, 1.165) is 20.8 Å². The summed E-state index contributed by atoms with van der Waals surface area (Å²) in [5, 5.41) is 5.07. The summed E-state index contributed by atoms with van der Waals surface area (Å²) in [5.41, 5.74) is 1.70. The topological polar surface area (TPSA) is 42.0 Å². The van der Waals surface area contributed by atoms with Crippen molar-refractivity contribution in [2.75, 3.05) is 0 Å². The molecule has 0 aliphatic heterocycles. The monoisotopic (exact) mass is 340 g/mol. The lowest BCUT2D eigenvalue weighted by Crippen LogP contribution is -2.22. The Bertz CT molecular complexity index is 787. The average molecular weight is 341 g/mol. The number of fused-ring (bicyclic) bond motifs is 1. The van der Waals surface area contributed by atoms with Gasteiger partial charge in [-0.2, -0.15) is 0 Å². The van der Waals surface area contributed by atoms with Crippen LogP contribution in [-0.4, -0.2) is 10.9 Å². The first-order chi connectivity index (χ1) is 10.2. The van der Waals surface area contributed by atoms with Crippen molar-refractivity contribution in [2.24, 2.45) is 0 Å². The van der Waals surface area contributed by atoms with E-state index >= 15 is 0 Å². The molecule has 0 spiro atoms. The molecule has 0 aliphatic rings. The summed E-state index contributed by atoms with van der Waals surface area (Å²) < 4.78 is 1.03. The summed E-state index contributed by atoms with van der Waals surface area (Å²) in [4.78, 5) is 16.1. The maximum atomic E-state index is 12.2. The van der Waals surface area contributed by atoms with E-state index in [1.54, 1.807) is 12.4 Å². The molecule has 2 aromatic carbocycles. The highest BCUT2D eigenvalue weighted by Gasteiger charge is 2.06. The van der Waals surface area contributed by atoms with E-state index in [1.165, 1.54) is 0 Å². The van der Waals surface area contributed by atoms with E-state index in [9.17, 15) is 4.79 Å². The molecule has 3 rings (SSSR count). The van der Waals surface area contributed by atoms with Crippen molar-refractivity contribution >= 4 is 32.6 Å². The first kappa shape index (κ1) is 13.8. The lowest BCUT2D eigenvalue weighted by atomic mass is 10.1. The number of benzene rings is 2. The van der Waals surface area contributed by atoms with Gasteiger partial charge >= 0.3 is 0 Å². The summed E-state index contributed by atoms with van der Waals surface area (Å²) in [6, 6.07) is 15.5. The zero-order chi connectivity index (χ0) is 14.7. The molecule has 0 bridgehead atoms. The summed E-state index contributed by atoms with van der Waals surface area (Å²) >= 11 is 3.45. The van der Waals surface area contributed by atoms with Gasteiger partial charge in [0.1, 0.15) is 0 Å². The minimum absolute atomic E-state index is 0.0726. The number of nitrogens with zero attached hydrogens (tertiary/aromatic N) is 1. The van der Waals surface area contributed by atoms with Gasteiger partial charge in [-0.1, -0.05) is 28.1 Å². The molecule has 3 nitrogen and oxygen atoms in total. The first-order valence-corrected chi connectivity index (χ1v) is 7.38. The zero-order valence-electron chi connectivity index (χ0n) is 11.2. The minimum atomic E-state index is -0.0726. The SMILES string of the molecule is O=C(NCc1ccncc1)c1ccc2cc(Br)ccc2c1. The van der Waals surface area contributed by atoms with Crippen LogP contribution in [0.4, 0.5) is 0 Å². The van der Waals surface area contributed by atoms with Gasteiger partial charge in [0, 0.05) is 29.0 Å². The maximum Gasteiger partial charge on any atom is 0.251 e. The number of rotatable bonds is 3. The van der Waals surface area contributed by atoms with Crippen molar-refractivity contribution in [1.29, 1.82) is 0 Å². The number of amides is 1. The Morgan fingerprint density at radius 2 is 1.71 bits per heavy atom. The van der Waals surface area contributed by atoms with Crippen LogP contribution >= 0.6 is 15.9 Å². The lowest BCUT2D eigenvalue weighted by Gasteiger charge is -2.06. The Morgan fingerprint density at radius 3 is 2.52 bits per heavy atom. The quantitative estimate of drug-likeness (QED) is 0.784. The second-order valence-corrected chi connectivity index (χ2v) is 5.66. The third kappa shape index (κ3) is 3.28. The third-order valence-electron chi connectivity index (χ3n) is 3.27. The number of carbonyl (C=O) groups is 1. The van der Waals surface area contributed by atoms with Crippen LogP contribution in [-0.2, 0) is 6.54 Å². The van der Waals surface area contributed by atoms with E-state index < -0.39 is 0 Å². The van der Waals surface area contributed by atoms with Crippen LogP contribution in [0.1, 0.15) is 15.9 Å². The Kier molecular flexibility index (Phi) is 3.97. The van der Waals surface area contributed by atoms with Crippen LogP contribution in [0.3, 0.4) is 0 Å². The molecule has 0 aliphatic carbocycles. The zero-order valence-corrected chi connectivity index (χ0v) is 12.8. The van der Waals surface area contributed by atoms with Gasteiger partial charge in [0.2, 0.25) is 0 Å². The number of halogens is 1. The Balaban J connectivity index is 1.77. The Labute approximate surface area is 131 Å². The van der Waals surface area contributed by atoms with Gasteiger partial charge in [-0.15, -0.1) is 0 Å². The van der Waals surface area contributed by atoms with Crippen LogP contribution in [0, 0.1) is 0 Å². The maximum absolute atomic E-state index is 12.2. The molecule has 0 saturated carbocycles. The molecule has 21 heavy (non-hydrogen) atoms. The van der Waals surface area contributed by atoms with Crippen molar-refractivity contribution in [1.82, 2.24) is 10.3 Å². The van der Waals surface area contributed by atoms with Crippen molar-refractivity contribution in [3.63, 3.8) is 0 Å². The number of carbonyl (C=O) groups excluding carboxylic acids is 1. The molecule has 0 saturated heterocycles. The van der Waals surface area contributed by atoms with Gasteiger partial charge in [0.25, 0.3) is 5.91 Å². The number of aromatic nitrogens is 1. The van der Waals surface area contributed by atoms with Gasteiger partial charge in [-0.3, -0.25) is 9.78 Å². The van der Waals surface area contributed by atoms with Gasteiger partial charge in [-0.25, -0.2) is 0 Å². The fourth-order valence-electron chi connectivity index (χ4n) is 2.14. The average Bonchev–Trinajstić information content (AvgIpc) is 2.53. The van der Waals surface area contributed by atoms with Crippen LogP contribution in [0.2, 0.25) is 0 Å². The van der Waals surface area contributed by atoms with E-state index in [-0.39, 0.29) is 5.91 Å². The number of pyridine rings is 1. The highest BCUT2D eigenvalue weighted by molar-refractivity contribution is 9.10. The highest BCUT2D eigenvalue weighted by atomic mass is 79.9. The Hall–Kier alpha value is -2.20. The largest absolute Gasteiger partial charge is 0.348 e. The van der Waals surface area contributed by atoms with Crippen molar-refractivity contribution in [2.45, 2.75) is 6.54 Å². The normalized spacial score (nSPS) is 10.5. The highest BCUT2D eigenvalue weighted by Crippen LogP contribution is 2.21. The van der Waals surface area contributed by atoms with Gasteiger partial charge in [-0.05, 0) is 52.7 Å². The van der Waals surface area contributed by atoms with Gasteiger partial charge in [0.15, 0.2) is 0 Å². The number of nitrogens with one attached hydrogen (secondary N) is 1. The van der Waals surface area contributed by atoms with Gasteiger partial charge in [0.05, 0.1) is 0 Å². The van der Waals surface area contributed by atoms with Gasteiger partial charge < -0.3 is 5.32 Å². The molecule has 1 amide bonds. The van der Waals surface area contributed by atoms with Crippen LogP contribution in [0.25, 0.3) is 10.8 Å². The predicted octanol–water partition coefficient (Wildman–Crippen LogP) is 3.93. The van der Waals surface area contributed by atoms with Crippen molar-refractivity contribution in [3.8, 4) is 0 Å². The summed E-state index contributed by atoms with van der Waals surface area (Å²) in [5.74, 6) is -0.0726. The molecule has 1 aromatic heterocycles. The van der Waals surface area contributed by atoms with Crippen molar-refractivity contribution in [3.05, 3.63) is 76.5 Å². The fraction of sp³-hybridized carbons (Fsp3) is 0.0588. The molecule has 4 heteroatoms.